The summed E-state index contributed by atoms with van der Waals surface area (Å²) >= 11 is 5.88. The molecule has 2 amide bonds. The third-order valence-electron chi connectivity index (χ3n) is 4.93. The van der Waals surface area contributed by atoms with E-state index < -0.39 is 39.7 Å². The van der Waals surface area contributed by atoms with Crippen LogP contribution >= 0.6 is 11.6 Å². The van der Waals surface area contributed by atoms with Gasteiger partial charge >= 0.3 is 12.2 Å². The fourth-order valence-corrected chi connectivity index (χ4v) is 5.79. The zero-order valence-electron chi connectivity index (χ0n) is 14.2. The van der Waals surface area contributed by atoms with Crippen LogP contribution in [0.4, 0.5) is 29.3 Å². The second-order valence-corrected chi connectivity index (χ2v) is 9.35. The number of nitrogens with zero attached hydrogens (tertiary/aromatic N) is 2. The first-order chi connectivity index (χ1) is 13.1. The Balaban J connectivity index is 1.80. The summed E-state index contributed by atoms with van der Waals surface area (Å²) < 4.78 is 63.7. The molecule has 0 N–H and O–H groups in total. The van der Waals surface area contributed by atoms with Gasteiger partial charge in [-0.25, -0.2) is 13.2 Å². The lowest BCUT2D eigenvalue weighted by molar-refractivity contribution is -0.137. The Bertz CT molecular complexity index is 1040. The second-order valence-electron chi connectivity index (χ2n) is 6.76. The molecule has 2 saturated heterocycles. The van der Waals surface area contributed by atoms with Crippen LogP contribution < -0.4 is 9.80 Å². The summed E-state index contributed by atoms with van der Waals surface area (Å²) in [6.07, 6.45) is -4.57. The lowest BCUT2D eigenvalue weighted by atomic mass is 10.1. The Kier molecular flexibility index (Phi) is 4.35. The maximum absolute atomic E-state index is 13.1. The van der Waals surface area contributed by atoms with E-state index in [1.807, 2.05) is 0 Å². The predicted molar refractivity (Wildman–Crippen MR) is 99.5 cm³/mol. The minimum absolute atomic E-state index is 0.0170. The Labute approximate surface area is 164 Å². The molecule has 0 radical (unpaired) electrons. The summed E-state index contributed by atoms with van der Waals surface area (Å²) in [5, 5.41) is 0.445. The van der Waals surface area contributed by atoms with E-state index in [1.165, 1.54) is 17.0 Å². The highest BCUT2D eigenvalue weighted by Crippen LogP contribution is 2.40. The van der Waals surface area contributed by atoms with Gasteiger partial charge in [0.15, 0.2) is 9.84 Å². The molecule has 0 saturated carbocycles. The monoisotopic (exact) mass is 430 g/mol. The van der Waals surface area contributed by atoms with E-state index >= 15 is 0 Å². The van der Waals surface area contributed by atoms with E-state index in [-0.39, 0.29) is 17.2 Å². The molecule has 2 aliphatic heterocycles. The first-order valence-electron chi connectivity index (χ1n) is 8.32. The van der Waals surface area contributed by atoms with E-state index in [0.29, 0.717) is 10.7 Å². The summed E-state index contributed by atoms with van der Waals surface area (Å²) in [6, 6.07) is 8.63. The molecule has 0 unspecified atom stereocenters. The van der Waals surface area contributed by atoms with Crippen molar-refractivity contribution in [2.24, 2.45) is 0 Å². The van der Waals surface area contributed by atoms with Crippen molar-refractivity contribution in [3.05, 3.63) is 59.1 Å². The molecule has 2 atom stereocenters. The number of urea groups is 1. The number of rotatable bonds is 2. The fraction of sp³-hybridized carbons (Fsp3) is 0.278. The molecule has 0 aromatic heterocycles. The Hall–Kier alpha value is -2.26. The SMILES string of the molecule is O=C1N(c2cccc(C(F)(F)F)c2)[C@@H]2CS(=O)(=O)C[C@@H]2N1c1ccc(Cl)cc1. The third kappa shape index (κ3) is 3.22. The summed E-state index contributed by atoms with van der Waals surface area (Å²) in [4.78, 5) is 15.6. The van der Waals surface area contributed by atoms with Gasteiger partial charge in [-0.3, -0.25) is 9.80 Å². The van der Waals surface area contributed by atoms with Gasteiger partial charge in [-0.05, 0) is 42.5 Å². The van der Waals surface area contributed by atoms with Gasteiger partial charge in [0.25, 0.3) is 0 Å². The molecule has 2 aromatic rings. The Morgan fingerprint density at radius 3 is 2.07 bits per heavy atom. The maximum Gasteiger partial charge on any atom is 0.416 e. The number of hydrogen-bond donors (Lipinski definition) is 0. The molecule has 2 aromatic carbocycles. The van der Waals surface area contributed by atoms with Gasteiger partial charge in [0.2, 0.25) is 0 Å². The van der Waals surface area contributed by atoms with Crippen LogP contribution in [-0.2, 0) is 16.0 Å². The third-order valence-corrected chi connectivity index (χ3v) is 6.88. The van der Waals surface area contributed by atoms with Crippen LogP contribution in [0.2, 0.25) is 5.02 Å². The smallest absolute Gasteiger partial charge is 0.288 e. The number of sulfone groups is 1. The zero-order chi connectivity index (χ0) is 20.3. The molecular weight excluding hydrogens is 417 g/mol. The molecule has 0 bridgehead atoms. The number of carbonyl (C=O) groups is 1. The van der Waals surface area contributed by atoms with Crippen molar-refractivity contribution in [2.75, 3.05) is 21.3 Å². The lowest BCUT2D eigenvalue weighted by Gasteiger charge is -2.23. The first-order valence-corrected chi connectivity index (χ1v) is 10.5. The van der Waals surface area contributed by atoms with Crippen LogP contribution in [0.1, 0.15) is 5.56 Å². The van der Waals surface area contributed by atoms with Gasteiger partial charge in [-0.1, -0.05) is 17.7 Å². The number of carbonyl (C=O) groups excluding carboxylic acids is 1. The van der Waals surface area contributed by atoms with Crippen molar-refractivity contribution in [1.29, 1.82) is 0 Å². The molecular formula is C18H14ClF3N2O3S. The molecule has 2 fully saturated rings. The van der Waals surface area contributed by atoms with Gasteiger partial charge in [-0.2, -0.15) is 13.2 Å². The quantitative estimate of drug-likeness (QED) is 0.677. The van der Waals surface area contributed by atoms with Crippen molar-refractivity contribution >= 4 is 38.8 Å². The molecule has 5 nitrogen and oxygen atoms in total. The minimum Gasteiger partial charge on any atom is -0.288 e. The van der Waals surface area contributed by atoms with Crippen molar-refractivity contribution < 1.29 is 26.4 Å². The van der Waals surface area contributed by atoms with E-state index in [9.17, 15) is 26.4 Å². The highest BCUT2D eigenvalue weighted by molar-refractivity contribution is 7.91. The number of anilines is 2. The highest BCUT2D eigenvalue weighted by Gasteiger charge is 2.54. The second kappa shape index (κ2) is 6.38. The molecule has 0 aliphatic carbocycles. The summed E-state index contributed by atoms with van der Waals surface area (Å²) in [7, 11) is -3.44. The Morgan fingerprint density at radius 1 is 0.929 bits per heavy atom. The molecule has 2 aliphatic rings. The largest absolute Gasteiger partial charge is 0.416 e. The molecule has 4 rings (SSSR count). The number of benzene rings is 2. The average molecular weight is 431 g/mol. The fourth-order valence-electron chi connectivity index (χ4n) is 3.74. The lowest BCUT2D eigenvalue weighted by Crippen LogP contribution is -2.38. The van der Waals surface area contributed by atoms with Crippen LogP contribution in [0, 0.1) is 0 Å². The molecule has 0 spiro atoms. The van der Waals surface area contributed by atoms with E-state index in [4.69, 9.17) is 11.6 Å². The topological polar surface area (TPSA) is 57.7 Å². The van der Waals surface area contributed by atoms with Crippen LogP contribution in [-0.4, -0.2) is 38.0 Å². The molecule has 2 heterocycles. The van der Waals surface area contributed by atoms with Crippen molar-refractivity contribution in [3.8, 4) is 0 Å². The van der Waals surface area contributed by atoms with E-state index in [2.05, 4.69) is 0 Å². The van der Waals surface area contributed by atoms with Gasteiger partial charge in [0.1, 0.15) is 0 Å². The minimum atomic E-state index is -4.57. The van der Waals surface area contributed by atoms with Crippen LogP contribution in [0.15, 0.2) is 48.5 Å². The molecule has 28 heavy (non-hydrogen) atoms. The van der Waals surface area contributed by atoms with Gasteiger partial charge in [0.05, 0.1) is 29.2 Å². The van der Waals surface area contributed by atoms with Crippen LogP contribution in [0.25, 0.3) is 0 Å². The number of halogens is 4. The molecule has 10 heteroatoms. The van der Waals surface area contributed by atoms with Crippen molar-refractivity contribution in [2.45, 2.75) is 18.3 Å². The van der Waals surface area contributed by atoms with E-state index in [1.54, 1.807) is 24.3 Å². The Morgan fingerprint density at radius 2 is 1.50 bits per heavy atom. The maximum atomic E-state index is 13.1. The zero-order valence-corrected chi connectivity index (χ0v) is 15.8. The summed E-state index contributed by atoms with van der Waals surface area (Å²) in [5.74, 6) is -0.550. The highest BCUT2D eigenvalue weighted by atomic mass is 35.5. The number of fused-ring (bicyclic) bond motifs is 1. The summed E-state index contributed by atoms with van der Waals surface area (Å²) in [5.41, 5.74) is -0.445. The standard InChI is InChI=1S/C18H14ClF3N2O3S/c19-12-4-6-13(7-5-12)23-15-9-28(26,27)10-16(15)24(17(23)25)14-3-1-2-11(8-14)18(20,21)22/h1-8,15-16H,9-10H2/t15-,16+/m0/s1. The molecule has 148 valence electrons. The van der Waals surface area contributed by atoms with Gasteiger partial charge < -0.3 is 0 Å². The number of amides is 2. The van der Waals surface area contributed by atoms with Crippen molar-refractivity contribution in [1.82, 2.24) is 0 Å². The predicted octanol–water partition coefficient (Wildman–Crippen LogP) is 3.97. The summed E-state index contributed by atoms with van der Waals surface area (Å²) in [6.45, 7) is 0. The normalized spacial score (nSPS) is 23.9. The van der Waals surface area contributed by atoms with Gasteiger partial charge in [0, 0.05) is 16.4 Å². The van der Waals surface area contributed by atoms with Gasteiger partial charge in [-0.15, -0.1) is 0 Å². The van der Waals surface area contributed by atoms with Crippen LogP contribution in [0.5, 0.6) is 0 Å². The van der Waals surface area contributed by atoms with Crippen molar-refractivity contribution in [3.63, 3.8) is 0 Å². The van der Waals surface area contributed by atoms with Crippen LogP contribution in [0.3, 0.4) is 0 Å². The number of alkyl halides is 3. The van der Waals surface area contributed by atoms with E-state index in [0.717, 1.165) is 17.0 Å². The number of hydrogen-bond acceptors (Lipinski definition) is 3. The average Bonchev–Trinajstić information content (AvgIpc) is 3.04. The first kappa shape index (κ1) is 19.1.